The molecule has 0 spiro atoms. The van der Waals surface area contributed by atoms with Crippen LogP contribution in [0.4, 0.5) is 0 Å². The maximum Gasteiger partial charge on any atom is 0.246 e. The monoisotopic (exact) mass is 227 g/mol. The van der Waals surface area contributed by atoms with Crippen LogP contribution in [0.2, 0.25) is 0 Å². The number of nitrogens with two attached hydrogens (primary N) is 1. The molecule has 16 heavy (non-hydrogen) atoms. The van der Waals surface area contributed by atoms with Gasteiger partial charge in [0.15, 0.2) is 0 Å². The SMILES string of the molecule is CCCC(CN)C(=O)N1CC(=O)NC(=O)C1. The lowest BCUT2D eigenvalue weighted by Crippen LogP contribution is -2.55. The van der Waals surface area contributed by atoms with Crippen molar-refractivity contribution < 1.29 is 14.4 Å². The fraction of sp³-hybridized carbons (Fsp3) is 0.700. The van der Waals surface area contributed by atoms with Gasteiger partial charge in [-0.25, -0.2) is 0 Å². The third kappa shape index (κ3) is 3.03. The number of hydrogen-bond donors (Lipinski definition) is 2. The van der Waals surface area contributed by atoms with Gasteiger partial charge in [0.1, 0.15) is 13.1 Å². The number of carbonyl (C=O) groups excluding carboxylic acids is 3. The quantitative estimate of drug-likeness (QED) is 0.593. The van der Waals surface area contributed by atoms with Gasteiger partial charge in [0.05, 0.1) is 5.92 Å². The molecule has 90 valence electrons. The summed E-state index contributed by atoms with van der Waals surface area (Å²) in [5, 5.41) is 2.15. The molecule has 1 fully saturated rings. The summed E-state index contributed by atoms with van der Waals surface area (Å²) in [7, 11) is 0. The van der Waals surface area contributed by atoms with E-state index in [0.29, 0.717) is 6.42 Å². The van der Waals surface area contributed by atoms with E-state index in [-0.39, 0.29) is 31.5 Å². The molecule has 1 aliphatic rings. The molecule has 6 heteroatoms. The Morgan fingerprint density at radius 2 is 2.00 bits per heavy atom. The van der Waals surface area contributed by atoms with Crippen LogP contribution >= 0.6 is 0 Å². The molecule has 1 unspecified atom stereocenters. The van der Waals surface area contributed by atoms with E-state index < -0.39 is 11.8 Å². The first-order chi connectivity index (χ1) is 7.58. The molecule has 0 aliphatic carbocycles. The first-order valence-corrected chi connectivity index (χ1v) is 5.40. The Morgan fingerprint density at radius 3 is 2.44 bits per heavy atom. The van der Waals surface area contributed by atoms with Crippen LogP contribution in [0.5, 0.6) is 0 Å². The summed E-state index contributed by atoms with van der Waals surface area (Å²) >= 11 is 0. The summed E-state index contributed by atoms with van der Waals surface area (Å²) < 4.78 is 0. The largest absolute Gasteiger partial charge is 0.330 e. The van der Waals surface area contributed by atoms with Crippen LogP contribution in [0, 0.1) is 5.92 Å². The first-order valence-electron chi connectivity index (χ1n) is 5.40. The van der Waals surface area contributed by atoms with Gasteiger partial charge >= 0.3 is 0 Å². The Hall–Kier alpha value is -1.43. The number of nitrogens with one attached hydrogen (secondary N) is 1. The molecule has 0 saturated carbocycles. The van der Waals surface area contributed by atoms with E-state index in [9.17, 15) is 14.4 Å². The molecule has 0 radical (unpaired) electrons. The van der Waals surface area contributed by atoms with Gasteiger partial charge in [-0.15, -0.1) is 0 Å². The Morgan fingerprint density at radius 1 is 1.44 bits per heavy atom. The zero-order valence-electron chi connectivity index (χ0n) is 9.36. The van der Waals surface area contributed by atoms with Gasteiger partial charge in [-0.05, 0) is 6.42 Å². The number of hydrogen-bond acceptors (Lipinski definition) is 4. The average Bonchev–Trinajstić information content (AvgIpc) is 2.23. The highest BCUT2D eigenvalue weighted by Crippen LogP contribution is 2.10. The molecule has 0 aromatic rings. The van der Waals surface area contributed by atoms with E-state index >= 15 is 0 Å². The summed E-state index contributed by atoms with van der Waals surface area (Å²) in [4.78, 5) is 35.4. The summed E-state index contributed by atoms with van der Waals surface area (Å²) in [6, 6.07) is 0. The minimum absolute atomic E-state index is 0.0508. The molecule has 1 heterocycles. The van der Waals surface area contributed by atoms with Crippen molar-refractivity contribution in [3.63, 3.8) is 0 Å². The summed E-state index contributed by atoms with van der Waals surface area (Å²) in [5.74, 6) is -1.36. The van der Waals surface area contributed by atoms with Crippen molar-refractivity contribution in [3.8, 4) is 0 Å². The standard InChI is InChI=1S/C10H17N3O3/c1-2-3-7(4-11)10(16)13-5-8(14)12-9(15)6-13/h7H,2-6,11H2,1H3,(H,12,14,15). The number of piperazine rings is 1. The van der Waals surface area contributed by atoms with Gasteiger partial charge < -0.3 is 10.6 Å². The van der Waals surface area contributed by atoms with E-state index in [1.54, 1.807) is 0 Å². The van der Waals surface area contributed by atoms with Crippen LogP contribution in [-0.4, -0.2) is 42.3 Å². The molecule has 6 nitrogen and oxygen atoms in total. The van der Waals surface area contributed by atoms with Crippen molar-refractivity contribution in [1.29, 1.82) is 0 Å². The zero-order valence-corrected chi connectivity index (χ0v) is 9.36. The van der Waals surface area contributed by atoms with Gasteiger partial charge in [0.25, 0.3) is 0 Å². The molecule has 3 N–H and O–H groups in total. The zero-order chi connectivity index (χ0) is 12.1. The second-order valence-corrected chi connectivity index (χ2v) is 3.89. The van der Waals surface area contributed by atoms with E-state index in [4.69, 9.17) is 5.73 Å². The predicted molar refractivity (Wildman–Crippen MR) is 57.2 cm³/mol. The lowest BCUT2D eigenvalue weighted by atomic mass is 10.0. The second kappa shape index (κ2) is 5.60. The number of imide groups is 1. The molecular weight excluding hydrogens is 210 g/mol. The predicted octanol–water partition coefficient (Wildman–Crippen LogP) is -1.15. The van der Waals surface area contributed by atoms with Crippen molar-refractivity contribution >= 4 is 17.7 Å². The molecular formula is C10H17N3O3. The summed E-state index contributed by atoms with van der Waals surface area (Å²) in [6.07, 6.45) is 1.53. The molecule has 0 bridgehead atoms. The lowest BCUT2D eigenvalue weighted by molar-refractivity contribution is -0.147. The smallest absolute Gasteiger partial charge is 0.246 e. The van der Waals surface area contributed by atoms with Gasteiger partial charge in [0, 0.05) is 6.54 Å². The van der Waals surface area contributed by atoms with Crippen molar-refractivity contribution in [2.45, 2.75) is 19.8 Å². The molecule has 1 rings (SSSR count). The van der Waals surface area contributed by atoms with Gasteiger partial charge in [-0.3, -0.25) is 19.7 Å². The summed E-state index contributed by atoms with van der Waals surface area (Å²) in [6.45, 7) is 2.11. The fourth-order valence-electron chi connectivity index (χ4n) is 1.74. The Bertz CT molecular complexity index is 288. The highest BCUT2D eigenvalue weighted by molar-refractivity contribution is 6.02. The van der Waals surface area contributed by atoms with E-state index in [1.165, 1.54) is 4.90 Å². The third-order valence-corrected chi connectivity index (χ3v) is 2.53. The maximum atomic E-state index is 11.9. The number of nitrogens with zero attached hydrogens (tertiary/aromatic N) is 1. The minimum Gasteiger partial charge on any atom is -0.330 e. The highest BCUT2D eigenvalue weighted by atomic mass is 16.2. The van der Waals surface area contributed by atoms with E-state index in [0.717, 1.165) is 6.42 Å². The van der Waals surface area contributed by atoms with Crippen LogP contribution in [0.1, 0.15) is 19.8 Å². The molecule has 3 amide bonds. The van der Waals surface area contributed by atoms with Crippen LogP contribution in [0.25, 0.3) is 0 Å². The number of carbonyl (C=O) groups is 3. The molecule has 1 saturated heterocycles. The second-order valence-electron chi connectivity index (χ2n) is 3.89. The normalized spacial score (nSPS) is 18.2. The minimum atomic E-state index is -0.433. The lowest BCUT2D eigenvalue weighted by Gasteiger charge is -2.28. The number of rotatable bonds is 4. The van der Waals surface area contributed by atoms with Gasteiger partial charge in [-0.1, -0.05) is 13.3 Å². The average molecular weight is 227 g/mol. The van der Waals surface area contributed by atoms with Crippen molar-refractivity contribution in [1.82, 2.24) is 10.2 Å². The highest BCUT2D eigenvalue weighted by Gasteiger charge is 2.29. The molecule has 1 aliphatic heterocycles. The van der Waals surface area contributed by atoms with Crippen molar-refractivity contribution in [2.75, 3.05) is 19.6 Å². The fourth-order valence-corrected chi connectivity index (χ4v) is 1.74. The molecule has 0 aromatic heterocycles. The Labute approximate surface area is 94.2 Å². The van der Waals surface area contributed by atoms with E-state index in [2.05, 4.69) is 5.32 Å². The molecule has 1 atom stereocenters. The van der Waals surface area contributed by atoms with Crippen LogP contribution < -0.4 is 11.1 Å². The number of amides is 3. The first kappa shape index (κ1) is 12.6. The van der Waals surface area contributed by atoms with Crippen LogP contribution in [0.15, 0.2) is 0 Å². The topological polar surface area (TPSA) is 92.5 Å². The summed E-state index contributed by atoms with van der Waals surface area (Å²) in [5.41, 5.74) is 5.50. The Balaban J connectivity index is 2.64. The van der Waals surface area contributed by atoms with E-state index in [1.807, 2.05) is 6.92 Å². The van der Waals surface area contributed by atoms with Crippen molar-refractivity contribution in [2.24, 2.45) is 11.7 Å². The third-order valence-electron chi connectivity index (χ3n) is 2.53. The van der Waals surface area contributed by atoms with Crippen LogP contribution in [0.3, 0.4) is 0 Å². The Kier molecular flexibility index (Phi) is 4.42. The van der Waals surface area contributed by atoms with Crippen LogP contribution in [-0.2, 0) is 14.4 Å². The maximum absolute atomic E-state index is 11.9. The van der Waals surface area contributed by atoms with Gasteiger partial charge in [-0.2, -0.15) is 0 Å². The van der Waals surface area contributed by atoms with Gasteiger partial charge in [0.2, 0.25) is 17.7 Å². The molecule has 0 aromatic carbocycles. The van der Waals surface area contributed by atoms with Crippen molar-refractivity contribution in [3.05, 3.63) is 0 Å².